The van der Waals surface area contributed by atoms with E-state index in [1.165, 1.54) is 19.3 Å². The number of hydrogen-bond donors (Lipinski definition) is 1. The van der Waals surface area contributed by atoms with Crippen LogP contribution >= 0.6 is 0 Å². The molecule has 2 nitrogen and oxygen atoms in total. The van der Waals surface area contributed by atoms with Crippen molar-refractivity contribution in [3.8, 4) is 11.8 Å². The molecule has 1 aliphatic carbocycles. The van der Waals surface area contributed by atoms with Crippen LogP contribution < -0.4 is 0 Å². The quantitative estimate of drug-likeness (QED) is 0.608. The molecule has 1 aromatic rings. The Morgan fingerprint density at radius 2 is 1.71 bits per heavy atom. The summed E-state index contributed by atoms with van der Waals surface area (Å²) >= 11 is 0. The van der Waals surface area contributed by atoms with Gasteiger partial charge in [0.1, 0.15) is 0 Å². The minimum Gasteiger partial charge on any atom is -0.373 e. The van der Waals surface area contributed by atoms with Crippen molar-refractivity contribution in [3.63, 3.8) is 0 Å². The molecule has 1 fully saturated rings. The maximum atomic E-state index is 11.5. The van der Waals surface area contributed by atoms with Gasteiger partial charge in [0.15, 0.2) is 5.60 Å². The lowest BCUT2D eigenvalue weighted by atomic mass is 9.73. The average Bonchev–Trinajstić information content (AvgIpc) is 2.66. The molecule has 0 bridgehead atoms. The highest BCUT2D eigenvalue weighted by atomic mass is 16.3. The molecule has 132 valence electrons. The predicted molar refractivity (Wildman–Crippen MR) is 101 cm³/mol. The fourth-order valence-electron chi connectivity index (χ4n) is 3.69. The van der Waals surface area contributed by atoms with E-state index in [9.17, 15) is 5.11 Å². The van der Waals surface area contributed by atoms with E-state index in [0.29, 0.717) is 0 Å². The molecule has 24 heavy (non-hydrogen) atoms. The van der Waals surface area contributed by atoms with Crippen LogP contribution in [0.3, 0.4) is 0 Å². The summed E-state index contributed by atoms with van der Waals surface area (Å²) in [5, 5.41) is 11.5. The highest BCUT2D eigenvalue weighted by Crippen LogP contribution is 2.39. The summed E-state index contributed by atoms with van der Waals surface area (Å²) in [6, 6.07) is 10.1. The van der Waals surface area contributed by atoms with Crippen molar-refractivity contribution in [1.82, 2.24) is 0 Å². The van der Waals surface area contributed by atoms with Crippen LogP contribution in [0.5, 0.6) is 0 Å². The maximum Gasteiger partial charge on any atom is 0.153 e. The van der Waals surface area contributed by atoms with Crippen molar-refractivity contribution < 1.29 is 9.59 Å². The topological polar surface area (TPSA) is 20.2 Å². The van der Waals surface area contributed by atoms with Gasteiger partial charge in [0, 0.05) is 5.92 Å². The Labute approximate surface area is 148 Å². The zero-order chi connectivity index (χ0) is 17.5. The predicted octanol–water partition coefficient (Wildman–Crippen LogP) is 4.33. The minimum absolute atomic E-state index is 0.263. The van der Waals surface area contributed by atoms with Crippen LogP contribution in [0.4, 0.5) is 0 Å². The molecule has 1 aromatic carbocycles. The largest absolute Gasteiger partial charge is 0.373 e. The van der Waals surface area contributed by atoms with Crippen molar-refractivity contribution in [2.24, 2.45) is 5.92 Å². The second-order valence-corrected chi connectivity index (χ2v) is 7.49. The summed E-state index contributed by atoms with van der Waals surface area (Å²) in [4.78, 5) is 0. The van der Waals surface area contributed by atoms with Crippen molar-refractivity contribution >= 4 is 0 Å². The zero-order valence-corrected chi connectivity index (χ0v) is 15.7. The van der Waals surface area contributed by atoms with E-state index in [-0.39, 0.29) is 5.92 Å². The standard InChI is InChI=1S/C22H34NO/c1-4-23(3,5-2)19-13-12-18-22(24,20-14-8-6-9-15-20)21-16-10-7-11-17-21/h6,8-9,14-15,21,24H,4-5,7,10-11,13,16-17,19H2,1-3H3/q+1/t22-/m0/s1. The molecule has 1 aliphatic rings. The first-order valence-corrected chi connectivity index (χ1v) is 9.65. The van der Waals surface area contributed by atoms with Crippen molar-refractivity contribution in [2.75, 3.05) is 26.7 Å². The average molecular weight is 329 g/mol. The van der Waals surface area contributed by atoms with E-state index in [1.54, 1.807) is 0 Å². The molecule has 1 atom stereocenters. The summed E-state index contributed by atoms with van der Waals surface area (Å²) in [5.74, 6) is 6.89. The van der Waals surface area contributed by atoms with Crippen LogP contribution in [0.15, 0.2) is 30.3 Å². The Hall–Kier alpha value is -1.30. The van der Waals surface area contributed by atoms with E-state index >= 15 is 0 Å². The van der Waals surface area contributed by atoms with Crippen LogP contribution in [-0.4, -0.2) is 36.3 Å². The molecule has 0 spiro atoms. The Morgan fingerprint density at radius 3 is 2.29 bits per heavy atom. The van der Waals surface area contributed by atoms with Gasteiger partial charge < -0.3 is 9.59 Å². The Balaban J connectivity index is 2.17. The number of quaternary nitrogens is 1. The van der Waals surface area contributed by atoms with Gasteiger partial charge in [-0.1, -0.05) is 61.4 Å². The third-order valence-corrected chi connectivity index (χ3v) is 5.99. The van der Waals surface area contributed by atoms with Gasteiger partial charge in [-0.2, -0.15) is 0 Å². The first-order valence-electron chi connectivity index (χ1n) is 9.65. The van der Waals surface area contributed by atoms with Crippen LogP contribution in [0.2, 0.25) is 0 Å². The number of hydrogen-bond acceptors (Lipinski definition) is 1. The lowest BCUT2D eigenvalue weighted by molar-refractivity contribution is -0.905. The van der Waals surface area contributed by atoms with Crippen molar-refractivity contribution in [2.45, 2.75) is 58.0 Å². The Kier molecular flexibility index (Phi) is 6.90. The van der Waals surface area contributed by atoms with E-state index in [1.807, 2.05) is 30.3 Å². The Bertz CT molecular complexity index is 546. The molecule has 0 saturated heterocycles. The number of rotatable bonds is 6. The van der Waals surface area contributed by atoms with Gasteiger partial charge in [0.2, 0.25) is 0 Å². The molecular formula is C22H34NO+. The SMILES string of the molecule is CC[N+](C)(CC)CCC#C[C@](O)(c1ccccc1)C1CCCCC1. The molecule has 1 N–H and O–H groups in total. The molecule has 2 rings (SSSR count). The van der Waals surface area contributed by atoms with Crippen molar-refractivity contribution in [3.05, 3.63) is 35.9 Å². The summed E-state index contributed by atoms with van der Waals surface area (Å²) < 4.78 is 1.04. The minimum atomic E-state index is -0.983. The van der Waals surface area contributed by atoms with Gasteiger partial charge >= 0.3 is 0 Å². The number of nitrogens with zero attached hydrogens (tertiary/aromatic N) is 1. The van der Waals surface area contributed by atoms with E-state index in [0.717, 1.165) is 48.9 Å². The normalized spacial score (nSPS) is 18.5. The van der Waals surface area contributed by atoms with Gasteiger partial charge in [0.05, 0.1) is 33.1 Å². The van der Waals surface area contributed by atoms with E-state index in [2.05, 4.69) is 32.7 Å². The van der Waals surface area contributed by atoms with Gasteiger partial charge in [0.25, 0.3) is 0 Å². The lowest BCUT2D eigenvalue weighted by Gasteiger charge is -2.35. The van der Waals surface area contributed by atoms with Crippen molar-refractivity contribution in [1.29, 1.82) is 0 Å². The molecule has 0 aromatic heterocycles. The molecule has 0 heterocycles. The third-order valence-electron chi connectivity index (χ3n) is 5.99. The molecule has 0 unspecified atom stereocenters. The Morgan fingerprint density at radius 1 is 1.08 bits per heavy atom. The lowest BCUT2D eigenvalue weighted by Crippen LogP contribution is -2.44. The molecule has 0 amide bonds. The van der Waals surface area contributed by atoms with Gasteiger partial charge in [-0.15, -0.1) is 0 Å². The highest BCUT2D eigenvalue weighted by molar-refractivity contribution is 5.33. The second kappa shape index (κ2) is 8.70. The van der Waals surface area contributed by atoms with Crippen LogP contribution in [0, 0.1) is 17.8 Å². The molecule has 0 aliphatic heterocycles. The first kappa shape index (κ1) is 19.0. The van der Waals surface area contributed by atoms with Gasteiger partial charge in [-0.25, -0.2) is 0 Å². The first-order chi connectivity index (χ1) is 11.5. The fourth-order valence-corrected chi connectivity index (χ4v) is 3.69. The molecule has 0 radical (unpaired) electrons. The smallest absolute Gasteiger partial charge is 0.153 e. The summed E-state index contributed by atoms with van der Waals surface area (Å²) in [7, 11) is 2.28. The second-order valence-electron chi connectivity index (χ2n) is 7.49. The third kappa shape index (κ3) is 4.62. The van der Waals surface area contributed by atoms with Gasteiger partial charge in [-0.05, 0) is 32.3 Å². The zero-order valence-electron chi connectivity index (χ0n) is 15.7. The number of aliphatic hydroxyl groups is 1. The van der Waals surface area contributed by atoms with Crippen LogP contribution in [0.1, 0.15) is 57.9 Å². The number of benzene rings is 1. The van der Waals surface area contributed by atoms with Crippen LogP contribution in [0.25, 0.3) is 0 Å². The molecular weight excluding hydrogens is 294 g/mol. The van der Waals surface area contributed by atoms with Gasteiger partial charge in [-0.3, -0.25) is 0 Å². The summed E-state index contributed by atoms with van der Waals surface area (Å²) in [5.41, 5.74) is -0.0172. The monoisotopic (exact) mass is 328 g/mol. The molecule has 2 heteroatoms. The fraction of sp³-hybridized carbons (Fsp3) is 0.636. The summed E-state index contributed by atoms with van der Waals surface area (Å²) in [6.07, 6.45) is 6.72. The molecule has 1 saturated carbocycles. The van der Waals surface area contributed by atoms with Crippen LogP contribution in [-0.2, 0) is 5.60 Å². The van der Waals surface area contributed by atoms with E-state index in [4.69, 9.17) is 0 Å². The maximum absolute atomic E-state index is 11.5. The van der Waals surface area contributed by atoms with E-state index < -0.39 is 5.60 Å². The highest BCUT2D eigenvalue weighted by Gasteiger charge is 2.37. The summed E-state index contributed by atoms with van der Waals surface area (Å²) in [6.45, 7) is 7.78.